The van der Waals surface area contributed by atoms with Crippen LogP contribution in [0.5, 0.6) is 0 Å². The van der Waals surface area contributed by atoms with E-state index in [1.165, 1.54) is 18.2 Å². The fourth-order valence-electron chi connectivity index (χ4n) is 1.73. The van der Waals surface area contributed by atoms with Gasteiger partial charge in [-0.1, -0.05) is 18.2 Å². The van der Waals surface area contributed by atoms with E-state index in [9.17, 15) is 9.18 Å². The van der Waals surface area contributed by atoms with Crippen molar-refractivity contribution in [3.8, 4) is 17.2 Å². The Morgan fingerprint density at radius 3 is 2.39 bits per heavy atom. The Morgan fingerprint density at radius 1 is 1.17 bits per heavy atom. The summed E-state index contributed by atoms with van der Waals surface area (Å²) in [5, 5.41) is 8.70. The van der Waals surface area contributed by atoms with Crippen LogP contribution in [0.15, 0.2) is 42.5 Å². The van der Waals surface area contributed by atoms with Crippen LogP contribution in [0.4, 0.5) is 4.39 Å². The second kappa shape index (κ2) is 4.68. The van der Waals surface area contributed by atoms with Crippen LogP contribution in [0.1, 0.15) is 15.9 Å². The lowest BCUT2D eigenvalue weighted by Crippen LogP contribution is -2.13. The maximum absolute atomic E-state index is 13.8. The zero-order valence-corrected chi connectivity index (χ0v) is 9.35. The molecule has 0 bridgehead atoms. The number of nitrogens with zero attached hydrogens (tertiary/aromatic N) is 1. The van der Waals surface area contributed by atoms with Crippen LogP contribution < -0.4 is 5.73 Å². The fourth-order valence-corrected chi connectivity index (χ4v) is 1.73. The van der Waals surface area contributed by atoms with Crippen molar-refractivity contribution in [3.63, 3.8) is 0 Å². The van der Waals surface area contributed by atoms with Crippen LogP contribution in [0.25, 0.3) is 11.1 Å². The zero-order chi connectivity index (χ0) is 13.1. The normalized spacial score (nSPS) is 9.78. The lowest BCUT2D eigenvalue weighted by molar-refractivity contribution is 0.100. The number of nitriles is 1. The van der Waals surface area contributed by atoms with Crippen LogP contribution in [0.3, 0.4) is 0 Å². The summed E-state index contributed by atoms with van der Waals surface area (Å²) in [5.74, 6) is -1.20. The minimum Gasteiger partial charge on any atom is -0.366 e. The highest BCUT2D eigenvalue weighted by Gasteiger charge is 2.14. The van der Waals surface area contributed by atoms with Gasteiger partial charge in [-0.2, -0.15) is 5.26 Å². The summed E-state index contributed by atoms with van der Waals surface area (Å²) >= 11 is 0. The third-order valence-electron chi connectivity index (χ3n) is 2.58. The first-order valence-corrected chi connectivity index (χ1v) is 5.22. The number of primary amides is 1. The number of benzene rings is 2. The molecule has 0 aliphatic rings. The molecule has 88 valence electrons. The van der Waals surface area contributed by atoms with Crippen molar-refractivity contribution in [2.75, 3.05) is 0 Å². The molecule has 0 aliphatic heterocycles. The van der Waals surface area contributed by atoms with Gasteiger partial charge in [0.15, 0.2) is 0 Å². The quantitative estimate of drug-likeness (QED) is 0.876. The van der Waals surface area contributed by atoms with Crippen LogP contribution in [-0.2, 0) is 0 Å². The van der Waals surface area contributed by atoms with Crippen LogP contribution >= 0.6 is 0 Å². The van der Waals surface area contributed by atoms with Gasteiger partial charge in [-0.25, -0.2) is 4.39 Å². The Labute approximate surface area is 103 Å². The van der Waals surface area contributed by atoms with Crippen molar-refractivity contribution in [3.05, 3.63) is 59.4 Å². The van der Waals surface area contributed by atoms with Crippen molar-refractivity contribution in [2.45, 2.75) is 0 Å². The number of hydrogen-bond acceptors (Lipinski definition) is 2. The second-order valence-electron chi connectivity index (χ2n) is 3.72. The summed E-state index contributed by atoms with van der Waals surface area (Å²) < 4.78 is 13.8. The number of amides is 1. The van der Waals surface area contributed by atoms with E-state index in [1.54, 1.807) is 24.3 Å². The molecule has 0 atom stereocenters. The number of carbonyl (C=O) groups excluding carboxylic acids is 1. The first kappa shape index (κ1) is 11.8. The average Bonchev–Trinajstić information content (AvgIpc) is 2.38. The van der Waals surface area contributed by atoms with Crippen molar-refractivity contribution in [1.29, 1.82) is 5.26 Å². The van der Waals surface area contributed by atoms with Gasteiger partial charge in [0, 0.05) is 11.1 Å². The number of hydrogen-bond donors (Lipinski definition) is 1. The zero-order valence-electron chi connectivity index (χ0n) is 9.35. The second-order valence-corrected chi connectivity index (χ2v) is 3.72. The van der Waals surface area contributed by atoms with Gasteiger partial charge in [0.2, 0.25) is 5.91 Å². The Bertz CT molecular complexity index is 642. The lowest BCUT2D eigenvalue weighted by atomic mass is 9.98. The van der Waals surface area contributed by atoms with Gasteiger partial charge in [-0.15, -0.1) is 0 Å². The molecule has 2 N–H and O–H groups in total. The largest absolute Gasteiger partial charge is 0.366 e. The van der Waals surface area contributed by atoms with Crippen molar-refractivity contribution in [2.24, 2.45) is 5.73 Å². The van der Waals surface area contributed by atoms with E-state index in [4.69, 9.17) is 11.0 Å². The minimum absolute atomic E-state index is 0.125. The third-order valence-corrected chi connectivity index (χ3v) is 2.58. The molecule has 0 aliphatic carbocycles. The summed E-state index contributed by atoms with van der Waals surface area (Å²) in [6.45, 7) is 0. The van der Waals surface area contributed by atoms with Gasteiger partial charge < -0.3 is 5.73 Å². The van der Waals surface area contributed by atoms with Gasteiger partial charge in [0.1, 0.15) is 5.82 Å². The number of nitrogens with two attached hydrogens (primary N) is 1. The molecule has 0 unspecified atom stereocenters. The average molecular weight is 240 g/mol. The molecule has 2 aromatic rings. The summed E-state index contributed by atoms with van der Waals surface area (Å²) in [4.78, 5) is 11.3. The molecule has 0 fully saturated rings. The first-order chi connectivity index (χ1) is 8.63. The van der Waals surface area contributed by atoms with E-state index >= 15 is 0 Å². The molecule has 1 amide bonds. The standard InChI is InChI=1S/C14H9FN2O/c15-12-3-1-2-11(14(17)18)13(12)10-6-4-9(8-16)5-7-10/h1-7H,(H2,17,18). The Kier molecular flexibility index (Phi) is 3.07. The summed E-state index contributed by atoms with van der Waals surface area (Å²) in [6.07, 6.45) is 0. The van der Waals surface area contributed by atoms with Crippen LogP contribution in [0.2, 0.25) is 0 Å². The number of halogens is 1. The molecule has 18 heavy (non-hydrogen) atoms. The summed E-state index contributed by atoms with van der Waals surface area (Å²) in [6, 6.07) is 12.4. The maximum Gasteiger partial charge on any atom is 0.249 e. The van der Waals surface area contributed by atoms with E-state index < -0.39 is 11.7 Å². The molecule has 3 nitrogen and oxygen atoms in total. The summed E-state index contributed by atoms with van der Waals surface area (Å²) in [5.41, 5.74) is 6.49. The van der Waals surface area contributed by atoms with Crippen LogP contribution in [0, 0.1) is 17.1 Å². The molecule has 2 rings (SSSR count). The van der Waals surface area contributed by atoms with Gasteiger partial charge in [0.25, 0.3) is 0 Å². The predicted molar refractivity (Wildman–Crippen MR) is 65.1 cm³/mol. The first-order valence-electron chi connectivity index (χ1n) is 5.22. The monoisotopic (exact) mass is 240 g/mol. The van der Waals surface area contributed by atoms with Gasteiger partial charge in [-0.3, -0.25) is 4.79 Å². The molecule has 4 heteroatoms. The number of rotatable bonds is 2. The molecule has 0 saturated heterocycles. The molecule has 0 aromatic heterocycles. The Morgan fingerprint density at radius 2 is 1.83 bits per heavy atom. The van der Waals surface area contributed by atoms with E-state index in [2.05, 4.69) is 0 Å². The van der Waals surface area contributed by atoms with E-state index in [0.29, 0.717) is 11.1 Å². The van der Waals surface area contributed by atoms with Gasteiger partial charge in [0.05, 0.1) is 11.6 Å². The summed E-state index contributed by atoms with van der Waals surface area (Å²) in [7, 11) is 0. The van der Waals surface area contributed by atoms with E-state index in [0.717, 1.165) is 0 Å². The highest BCUT2D eigenvalue weighted by Crippen LogP contribution is 2.26. The Hall–Kier alpha value is -2.67. The van der Waals surface area contributed by atoms with Crippen molar-refractivity contribution >= 4 is 5.91 Å². The van der Waals surface area contributed by atoms with Gasteiger partial charge in [-0.05, 0) is 29.8 Å². The molecule has 0 radical (unpaired) electrons. The fraction of sp³-hybridized carbons (Fsp3) is 0. The third kappa shape index (κ3) is 2.06. The predicted octanol–water partition coefficient (Wildman–Crippen LogP) is 2.46. The van der Waals surface area contributed by atoms with E-state index in [-0.39, 0.29) is 11.1 Å². The molecule has 0 saturated carbocycles. The van der Waals surface area contributed by atoms with Gasteiger partial charge >= 0.3 is 0 Å². The number of carbonyl (C=O) groups is 1. The topological polar surface area (TPSA) is 66.9 Å². The highest BCUT2D eigenvalue weighted by atomic mass is 19.1. The molecule has 0 spiro atoms. The molecular weight excluding hydrogens is 231 g/mol. The van der Waals surface area contributed by atoms with Crippen LogP contribution in [-0.4, -0.2) is 5.91 Å². The highest BCUT2D eigenvalue weighted by molar-refractivity contribution is 6.00. The molecule has 0 heterocycles. The SMILES string of the molecule is N#Cc1ccc(-c2c(F)cccc2C(N)=O)cc1. The lowest BCUT2D eigenvalue weighted by Gasteiger charge is -2.08. The minimum atomic E-state index is -0.686. The van der Waals surface area contributed by atoms with E-state index in [1.807, 2.05) is 6.07 Å². The molecular formula is C14H9FN2O. The molecule has 2 aromatic carbocycles. The maximum atomic E-state index is 13.8. The Balaban J connectivity index is 2.62. The smallest absolute Gasteiger partial charge is 0.249 e. The van der Waals surface area contributed by atoms with Crippen molar-refractivity contribution < 1.29 is 9.18 Å². The van der Waals surface area contributed by atoms with Crippen molar-refractivity contribution in [1.82, 2.24) is 0 Å².